The number of ether oxygens (including phenoxy) is 4. The van der Waals surface area contributed by atoms with Crippen molar-refractivity contribution in [3.8, 4) is 11.5 Å². The van der Waals surface area contributed by atoms with Crippen LogP contribution in [0.3, 0.4) is 0 Å². The molecular weight excluding hydrogens is 564 g/mol. The maximum atomic E-state index is 13.8. The van der Waals surface area contributed by atoms with Crippen LogP contribution >= 0.6 is 0 Å². The Kier molecular flexibility index (Phi) is 10.3. The van der Waals surface area contributed by atoms with Crippen LogP contribution in [0.2, 0.25) is 0 Å². The number of furan rings is 1. The fourth-order valence-electron chi connectivity index (χ4n) is 4.99. The largest absolute Gasteiger partial charge is 0.488 e. The van der Waals surface area contributed by atoms with Crippen LogP contribution < -0.4 is 20.5 Å². The predicted molar refractivity (Wildman–Crippen MR) is 166 cm³/mol. The first-order valence-electron chi connectivity index (χ1n) is 14.5. The van der Waals surface area contributed by atoms with Crippen LogP contribution in [0.5, 0.6) is 11.5 Å². The van der Waals surface area contributed by atoms with Gasteiger partial charge < -0.3 is 29.1 Å². The molecule has 232 valence electrons. The Morgan fingerprint density at radius 2 is 1.55 bits per heavy atom. The molecule has 4 rings (SSSR count). The maximum Gasteiger partial charge on any atom is 0.411 e. The van der Waals surface area contributed by atoms with E-state index < -0.39 is 12.1 Å². The first kappa shape index (κ1) is 32.1. The van der Waals surface area contributed by atoms with Crippen LogP contribution in [-0.2, 0) is 39.3 Å². The second-order valence-corrected chi connectivity index (χ2v) is 10.9. The van der Waals surface area contributed by atoms with Crippen molar-refractivity contribution in [2.45, 2.75) is 59.6 Å². The van der Waals surface area contributed by atoms with Crippen molar-refractivity contribution >= 4 is 34.7 Å². The Morgan fingerprint density at radius 3 is 2.25 bits per heavy atom. The molecule has 0 saturated carbocycles. The molecule has 0 spiro atoms. The molecule has 10 heteroatoms. The summed E-state index contributed by atoms with van der Waals surface area (Å²) < 4.78 is 28.4. The van der Waals surface area contributed by atoms with Gasteiger partial charge in [0.15, 0.2) is 5.58 Å². The highest BCUT2D eigenvalue weighted by Crippen LogP contribution is 2.37. The van der Waals surface area contributed by atoms with Crippen molar-refractivity contribution < 1.29 is 37.7 Å². The van der Waals surface area contributed by atoms with Crippen molar-refractivity contribution in [2.75, 3.05) is 18.5 Å². The second kappa shape index (κ2) is 14.1. The molecule has 1 amide bonds. The highest BCUT2D eigenvalue weighted by molar-refractivity contribution is 6.03. The Bertz CT molecular complexity index is 1650. The number of carbonyl (C=O) groups excluding carboxylic acids is 3. The van der Waals surface area contributed by atoms with E-state index in [9.17, 15) is 14.4 Å². The van der Waals surface area contributed by atoms with Crippen LogP contribution in [0.4, 0.5) is 10.5 Å². The van der Waals surface area contributed by atoms with Gasteiger partial charge in [-0.1, -0.05) is 63.2 Å². The zero-order valence-corrected chi connectivity index (χ0v) is 25.7. The lowest BCUT2D eigenvalue weighted by molar-refractivity contribution is -0.142. The predicted octanol–water partition coefficient (Wildman–Crippen LogP) is 6.66. The molecular formula is C34H38N2O8. The summed E-state index contributed by atoms with van der Waals surface area (Å²) in [5.41, 5.74) is 8.89. The number of benzene rings is 3. The topological polar surface area (TPSA) is 139 Å². The molecule has 44 heavy (non-hydrogen) atoms. The molecule has 1 heterocycles. The third kappa shape index (κ3) is 7.38. The number of esters is 2. The van der Waals surface area contributed by atoms with E-state index in [-0.39, 0.29) is 55.5 Å². The van der Waals surface area contributed by atoms with E-state index in [1.54, 1.807) is 68.4 Å². The summed E-state index contributed by atoms with van der Waals surface area (Å²) in [5.74, 6) is -0.422. The number of anilines is 1. The fourth-order valence-corrected chi connectivity index (χ4v) is 4.99. The molecule has 1 aromatic heterocycles. The maximum absolute atomic E-state index is 13.8. The van der Waals surface area contributed by atoms with Crippen LogP contribution in [0.25, 0.3) is 11.0 Å². The molecule has 0 aliphatic rings. The smallest absolute Gasteiger partial charge is 0.411 e. The van der Waals surface area contributed by atoms with Gasteiger partial charge in [0.1, 0.15) is 18.1 Å². The number of hydrogen-bond acceptors (Lipinski definition) is 9. The lowest BCUT2D eigenvalue weighted by Gasteiger charge is -2.25. The van der Waals surface area contributed by atoms with Crippen molar-refractivity contribution in [2.24, 2.45) is 5.73 Å². The molecule has 0 aliphatic carbocycles. The normalized spacial score (nSPS) is 11.2. The number of nitrogens with two attached hydrogens (primary N) is 1. The molecule has 4 aromatic rings. The van der Waals surface area contributed by atoms with Crippen molar-refractivity contribution in [3.05, 3.63) is 88.7 Å². The standard InChI is InChI=1S/C34H38N2O8/c1-6-40-28(37)18-21-12-8-9-16-26(21)42-20-24-23-14-11-15-25(36-33(39)41-7-2)30(23)44-31(24)32(38)43-27-17-10-13-22(19-35)29(27)34(3,4)5/h8-17H,6-7,18-20,35H2,1-5H3,(H,36,39). The SMILES string of the molecule is CCOC(=O)Cc1ccccc1OCc1c(C(=O)Oc2cccc(CN)c2C(C)(C)C)oc2c(NC(=O)OCC)cccc12. The quantitative estimate of drug-likeness (QED) is 0.142. The van der Waals surface area contributed by atoms with Crippen LogP contribution in [0.1, 0.15) is 67.4 Å². The van der Waals surface area contributed by atoms with Gasteiger partial charge in [-0.05, 0) is 43.0 Å². The van der Waals surface area contributed by atoms with E-state index >= 15 is 0 Å². The number of amides is 1. The van der Waals surface area contributed by atoms with Gasteiger partial charge in [0.25, 0.3) is 0 Å². The lowest BCUT2D eigenvalue weighted by Crippen LogP contribution is -2.20. The number of nitrogens with one attached hydrogen (secondary N) is 1. The highest BCUT2D eigenvalue weighted by atomic mass is 16.6. The third-order valence-corrected chi connectivity index (χ3v) is 6.79. The Balaban J connectivity index is 1.76. The first-order chi connectivity index (χ1) is 21.1. The highest BCUT2D eigenvalue weighted by Gasteiger charge is 2.29. The molecule has 0 saturated heterocycles. The summed E-state index contributed by atoms with van der Waals surface area (Å²) >= 11 is 0. The van der Waals surface area contributed by atoms with Gasteiger partial charge in [0.2, 0.25) is 5.76 Å². The zero-order chi connectivity index (χ0) is 31.9. The Hall–Kier alpha value is -4.83. The van der Waals surface area contributed by atoms with E-state index in [4.69, 9.17) is 29.1 Å². The van der Waals surface area contributed by atoms with Crippen molar-refractivity contribution in [1.29, 1.82) is 0 Å². The number of fused-ring (bicyclic) bond motifs is 1. The molecule has 0 unspecified atom stereocenters. The fraction of sp³-hybridized carbons (Fsp3) is 0.324. The van der Waals surface area contributed by atoms with Gasteiger partial charge in [-0.25, -0.2) is 9.59 Å². The van der Waals surface area contributed by atoms with Gasteiger partial charge in [-0.15, -0.1) is 0 Å². The summed E-state index contributed by atoms with van der Waals surface area (Å²) in [4.78, 5) is 38.3. The van der Waals surface area contributed by atoms with Crippen molar-refractivity contribution in [3.63, 3.8) is 0 Å². The summed E-state index contributed by atoms with van der Waals surface area (Å²) in [7, 11) is 0. The molecule has 0 fully saturated rings. The van der Waals surface area contributed by atoms with E-state index in [1.807, 2.05) is 26.8 Å². The van der Waals surface area contributed by atoms with Crippen LogP contribution in [0, 0.1) is 0 Å². The average molecular weight is 603 g/mol. The molecule has 0 radical (unpaired) electrons. The Labute approximate surface area is 256 Å². The summed E-state index contributed by atoms with van der Waals surface area (Å²) in [6.45, 7) is 10.1. The summed E-state index contributed by atoms with van der Waals surface area (Å²) in [6.07, 6.45) is -0.647. The van der Waals surface area contributed by atoms with E-state index in [0.717, 1.165) is 11.1 Å². The molecule has 0 bridgehead atoms. The number of rotatable bonds is 11. The molecule has 3 aromatic carbocycles. The average Bonchev–Trinajstić information content (AvgIpc) is 3.36. The molecule has 0 atom stereocenters. The number of para-hydroxylation sites is 2. The summed E-state index contributed by atoms with van der Waals surface area (Å²) in [5, 5.41) is 3.19. The number of hydrogen-bond donors (Lipinski definition) is 2. The zero-order valence-electron chi connectivity index (χ0n) is 25.7. The Morgan fingerprint density at radius 1 is 0.864 bits per heavy atom. The van der Waals surface area contributed by atoms with E-state index in [2.05, 4.69) is 5.32 Å². The van der Waals surface area contributed by atoms with Gasteiger partial charge in [0.05, 0.1) is 30.9 Å². The van der Waals surface area contributed by atoms with Gasteiger partial charge >= 0.3 is 18.0 Å². The van der Waals surface area contributed by atoms with Crippen LogP contribution in [-0.4, -0.2) is 31.2 Å². The van der Waals surface area contributed by atoms with Gasteiger partial charge in [0, 0.05) is 23.1 Å². The van der Waals surface area contributed by atoms with Crippen molar-refractivity contribution in [1.82, 2.24) is 0 Å². The molecule has 3 N–H and O–H groups in total. The minimum atomic E-state index is -0.749. The monoisotopic (exact) mass is 602 g/mol. The van der Waals surface area contributed by atoms with Gasteiger partial charge in [-0.2, -0.15) is 0 Å². The number of carbonyl (C=O) groups is 3. The third-order valence-electron chi connectivity index (χ3n) is 6.79. The van der Waals surface area contributed by atoms with E-state index in [1.165, 1.54) is 0 Å². The first-order valence-corrected chi connectivity index (χ1v) is 14.5. The lowest BCUT2D eigenvalue weighted by atomic mass is 9.83. The van der Waals surface area contributed by atoms with Gasteiger partial charge in [-0.3, -0.25) is 10.1 Å². The van der Waals surface area contributed by atoms with Crippen LogP contribution in [0.15, 0.2) is 65.1 Å². The van der Waals surface area contributed by atoms with E-state index in [0.29, 0.717) is 33.7 Å². The molecule has 10 nitrogen and oxygen atoms in total. The minimum Gasteiger partial charge on any atom is -0.488 e. The second-order valence-electron chi connectivity index (χ2n) is 10.9. The summed E-state index contributed by atoms with van der Waals surface area (Å²) in [6, 6.07) is 17.6. The molecule has 0 aliphatic heterocycles. The minimum absolute atomic E-state index is 0.0196.